The van der Waals surface area contributed by atoms with Crippen molar-refractivity contribution in [2.45, 2.75) is 48.7 Å². The monoisotopic (exact) mass is 359 g/mol. The Morgan fingerprint density at radius 1 is 1.20 bits per heavy atom. The lowest BCUT2D eigenvalue weighted by atomic mass is 10.1. The summed E-state index contributed by atoms with van der Waals surface area (Å²) in [6.45, 7) is 2.22. The highest BCUT2D eigenvalue weighted by atomic mass is 32.2. The molecule has 1 aromatic carbocycles. The average Bonchev–Trinajstić information content (AvgIpc) is 3.30. The number of thioether (sulfide) groups is 1. The minimum absolute atomic E-state index is 0.133. The Bertz CT molecular complexity index is 717. The predicted octanol–water partition coefficient (Wildman–Crippen LogP) is 2.14. The molecule has 2 unspecified atom stereocenters. The molecule has 132 valence electrons. The van der Waals surface area contributed by atoms with E-state index >= 15 is 0 Å². The summed E-state index contributed by atoms with van der Waals surface area (Å²) in [6.07, 6.45) is 4.12. The number of hydrogen-bond acceptors (Lipinski definition) is 6. The third-order valence-electron chi connectivity index (χ3n) is 4.60. The van der Waals surface area contributed by atoms with Gasteiger partial charge in [0.1, 0.15) is 0 Å². The topological polar surface area (TPSA) is 73.1 Å². The Labute approximate surface area is 150 Å². The fraction of sp³-hybridized carbons (Fsp3) is 0.529. The van der Waals surface area contributed by atoms with Gasteiger partial charge in [0.2, 0.25) is 11.1 Å². The minimum atomic E-state index is -0.150. The maximum absolute atomic E-state index is 12.9. The summed E-state index contributed by atoms with van der Waals surface area (Å²) in [5.41, 5.74) is 0.955. The van der Waals surface area contributed by atoms with Gasteiger partial charge in [0.05, 0.1) is 17.9 Å². The van der Waals surface area contributed by atoms with E-state index in [1.165, 1.54) is 11.8 Å². The van der Waals surface area contributed by atoms with Crippen molar-refractivity contribution in [1.82, 2.24) is 20.2 Å². The van der Waals surface area contributed by atoms with Crippen molar-refractivity contribution in [2.24, 2.45) is 0 Å². The van der Waals surface area contributed by atoms with Crippen LogP contribution in [0.2, 0.25) is 0 Å². The highest BCUT2D eigenvalue weighted by Crippen LogP contribution is 2.31. The Morgan fingerprint density at radius 2 is 2.08 bits per heavy atom. The van der Waals surface area contributed by atoms with E-state index in [4.69, 9.17) is 4.74 Å². The summed E-state index contributed by atoms with van der Waals surface area (Å²) >= 11 is 1.47. The summed E-state index contributed by atoms with van der Waals surface area (Å²) in [4.78, 5) is 14.8. The highest BCUT2D eigenvalue weighted by molar-refractivity contribution is 8.00. The summed E-state index contributed by atoms with van der Waals surface area (Å²) in [5.74, 6) is 0.133. The maximum atomic E-state index is 12.9. The van der Waals surface area contributed by atoms with E-state index in [1.54, 1.807) is 4.68 Å². The van der Waals surface area contributed by atoms with E-state index in [0.717, 1.165) is 44.5 Å². The number of tetrazole rings is 1. The molecule has 2 fully saturated rings. The Kier molecular flexibility index (Phi) is 4.98. The number of piperidine rings is 1. The number of para-hydroxylation sites is 1. The lowest BCUT2D eigenvalue weighted by Crippen LogP contribution is -2.43. The molecule has 2 saturated heterocycles. The van der Waals surface area contributed by atoms with E-state index in [-0.39, 0.29) is 17.3 Å². The van der Waals surface area contributed by atoms with Gasteiger partial charge in [0.15, 0.2) is 0 Å². The van der Waals surface area contributed by atoms with Crippen LogP contribution in [0.25, 0.3) is 0 Å². The lowest BCUT2D eigenvalue weighted by molar-refractivity contribution is -0.119. The molecule has 0 spiro atoms. The van der Waals surface area contributed by atoms with Gasteiger partial charge in [-0.25, -0.2) is 4.68 Å². The number of nitrogens with zero attached hydrogens (tertiary/aromatic N) is 5. The molecule has 2 aliphatic heterocycles. The molecule has 0 aliphatic carbocycles. The van der Waals surface area contributed by atoms with Crippen LogP contribution in [0.4, 0.5) is 5.69 Å². The van der Waals surface area contributed by atoms with E-state index in [0.29, 0.717) is 11.7 Å². The Balaban J connectivity index is 1.45. The van der Waals surface area contributed by atoms with Crippen molar-refractivity contribution < 1.29 is 9.53 Å². The molecule has 0 saturated carbocycles. The van der Waals surface area contributed by atoms with Crippen LogP contribution < -0.4 is 4.90 Å². The first kappa shape index (κ1) is 16.5. The summed E-state index contributed by atoms with van der Waals surface area (Å²) in [5, 5.41) is 12.5. The SMILES string of the molecule is O=C1C(Sc2nnnn2CC2CCCO2)CCCN1c1ccccc1. The van der Waals surface area contributed by atoms with Crippen molar-refractivity contribution in [2.75, 3.05) is 18.1 Å². The second-order valence-corrected chi connectivity index (χ2v) is 7.52. The van der Waals surface area contributed by atoms with Gasteiger partial charge in [-0.15, -0.1) is 5.10 Å². The molecule has 2 aliphatic rings. The highest BCUT2D eigenvalue weighted by Gasteiger charge is 2.32. The third kappa shape index (κ3) is 3.69. The number of anilines is 1. The number of carbonyl (C=O) groups excluding carboxylic acids is 1. The third-order valence-corrected chi connectivity index (χ3v) is 5.83. The van der Waals surface area contributed by atoms with Crippen molar-refractivity contribution in [3.8, 4) is 0 Å². The predicted molar refractivity (Wildman–Crippen MR) is 94.5 cm³/mol. The zero-order chi connectivity index (χ0) is 17.1. The first-order valence-electron chi connectivity index (χ1n) is 8.72. The molecule has 0 N–H and O–H groups in total. The van der Waals surface area contributed by atoms with Gasteiger partial charge in [-0.3, -0.25) is 4.79 Å². The van der Waals surface area contributed by atoms with Crippen LogP contribution in [0, 0.1) is 0 Å². The van der Waals surface area contributed by atoms with E-state index in [9.17, 15) is 4.79 Å². The molecule has 0 bridgehead atoms. The van der Waals surface area contributed by atoms with Crippen LogP contribution in [0.15, 0.2) is 35.5 Å². The number of ether oxygens (including phenoxy) is 1. The fourth-order valence-corrected chi connectivity index (χ4v) is 4.40. The number of amides is 1. The number of aromatic nitrogens is 4. The smallest absolute Gasteiger partial charge is 0.240 e. The Morgan fingerprint density at radius 3 is 2.88 bits per heavy atom. The van der Waals surface area contributed by atoms with Gasteiger partial charge in [-0.05, 0) is 48.2 Å². The van der Waals surface area contributed by atoms with Crippen LogP contribution in [0.1, 0.15) is 25.7 Å². The van der Waals surface area contributed by atoms with Crippen molar-refractivity contribution in [1.29, 1.82) is 0 Å². The molecule has 3 heterocycles. The second kappa shape index (κ2) is 7.53. The normalized spacial score (nSPS) is 24.0. The molecule has 4 rings (SSSR count). The molecular weight excluding hydrogens is 338 g/mol. The second-order valence-electron chi connectivity index (χ2n) is 6.35. The number of benzene rings is 1. The molecule has 1 amide bonds. The Hall–Kier alpha value is -1.93. The van der Waals surface area contributed by atoms with Gasteiger partial charge >= 0.3 is 0 Å². The molecule has 2 atom stereocenters. The first-order valence-corrected chi connectivity index (χ1v) is 9.60. The van der Waals surface area contributed by atoms with Crippen LogP contribution in [0.3, 0.4) is 0 Å². The van der Waals surface area contributed by atoms with Gasteiger partial charge in [-0.1, -0.05) is 30.0 Å². The fourth-order valence-electron chi connectivity index (χ4n) is 3.32. The number of rotatable bonds is 5. The van der Waals surface area contributed by atoms with Crippen LogP contribution in [0.5, 0.6) is 0 Å². The first-order chi connectivity index (χ1) is 12.3. The average molecular weight is 359 g/mol. The largest absolute Gasteiger partial charge is 0.376 e. The summed E-state index contributed by atoms with van der Waals surface area (Å²) < 4.78 is 7.44. The maximum Gasteiger partial charge on any atom is 0.240 e. The van der Waals surface area contributed by atoms with Crippen LogP contribution in [-0.2, 0) is 16.1 Å². The van der Waals surface area contributed by atoms with E-state index in [2.05, 4.69) is 15.5 Å². The molecule has 1 aromatic heterocycles. The quantitative estimate of drug-likeness (QED) is 0.814. The lowest BCUT2D eigenvalue weighted by Gasteiger charge is -2.31. The molecule has 7 nitrogen and oxygen atoms in total. The minimum Gasteiger partial charge on any atom is -0.376 e. The van der Waals surface area contributed by atoms with E-state index < -0.39 is 0 Å². The number of carbonyl (C=O) groups is 1. The van der Waals surface area contributed by atoms with Crippen molar-refractivity contribution >= 4 is 23.4 Å². The van der Waals surface area contributed by atoms with Crippen LogP contribution >= 0.6 is 11.8 Å². The molecule has 2 aromatic rings. The molecule has 0 radical (unpaired) electrons. The molecule has 8 heteroatoms. The molecular formula is C17H21N5O2S. The van der Waals surface area contributed by atoms with Gasteiger partial charge in [0, 0.05) is 18.8 Å². The van der Waals surface area contributed by atoms with Crippen molar-refractivity contribution in [3.05, 3.63) is 30.3 Å². The standard InChI is InChI=1S/C17H21N5O2S/c23-16-15(9-4-10-21(16)13-6-2-1-3-7-13)25-17-18-19-20-22(17)12-14-8-5-11-24-14/h1-3,6-7,14-15H,4-5,8-12H2. The van der Waals surface area contributed by atoms with Crippen LogP contribution in [-0.4, -0.2) is 50.6 Å². The summed E-state index contributed by atoms with van der Waals surface area (Å²) in [7, 11) is 0. The van der Waals surface area contributed by atoms with E-state index in [1.807, 2.05) is 35.2 Å². The van der Waals surface area contributed by atoms with Gasteiger partial charge < -0.3 is 9.64 Å². The zero-order valence-electron chi connectivity index (χ0n) is 14.0. The zero-order valence-corrected chi connectivity index (χ0v) is 14.8. The van der Waals surface area contributed by atoms with Crippen molar-refractivity contribution in [3.63, 3.8) is 0 Å². The molecule has 25 heavy (non-hydrogen) atoms. The van der Waals surface area contributed by atoms with Gasteiger partial charge in [-0.2, -0.15) is 0 Å². The number of hydrogen-bond donors (Lipinski definition) is 0. The summed E-state index contributed by atoms with van der Waals surface area (Å²) in [6, 6.07) is 9.84. The van der Waals surface area contributed by atoms with Gasteiger partial charge in [0.25, 0.3) is 0 Å².